The zero-order valence-electron chi connectivity index (χ0n) is 18.8. The van der Waals surface area contributed by atoms with E-state index in [1.54, 1.807) is 25.4 Å². The Hall–Kier alpha value is -3.63. The first-order valence-corrected chi connectivity index (χ1v) is 10.5. The second kappa shape index (κ2) is 8.13. The third-order valence-electron chi connectivity index (χ3n) is 5.53. The first-order valence-electron chi connectivity index (χ1n) is 10.5. The van der Waals surface area contributed by atoms with Gasteiger partial charge in [0.1, 0.15) is 29.1 Å². The second-order valence-electron chi connectivity index (χ2n) is 8.93. The van der Waals surface area contributed by atoms with Crippen LogP contribution in [0.1, 0.15) is 52.4 Å². The predicted molar refractivity (Wildman–Crippen MR) is 117 cm³/mol. The standard InChI is InChI=1S/C22H26N8O2/c1-13(2)32-20-17(10-29(28-20)14(3)7-23)26-21-25-9-15-6-16(8-24)30(19(15)27-21)18-11-31-12-22(18,4)5/h6,9-10,13-14,18H,11-12H2,1-5H3,(H,25,26,27)/t14-,18-/m0/s1. The molecule has 32 heavy (non-hydrogen) atoms. The molecule has 0 aromatic carbocycles. The second-order valence-corrected chi connectivity index (χ2v) is 8.93. The van der Waals surface area contributed by atoms with Crippen molar-refractivity contribution < 1.29 is 9.47 Å². The molecule has 3 aromatic rings. The van der Waals surface area contributed by atoms with Gasteiger partial charge in [0.25, 0.3) is 5.88 Å². The summed E-state index contributed by atoms with van der Waals surface area (Å²) in [5.41, 5.74) is 1.60. The Labute approximate surface area is 186 Å². The van der Waals surface area contributed by atoms with E-state index in [1.165, 1.54) is 4.68 Å². The lowest BCUT2D eigenvalue weighted by atomic mass is 9.87. The van der Waals surface area contributed by atoms with E-state index < -0.39 is 6.04 Å². The molecule has 0 bridgehead atoms. The van der Waals surface area contributed by atoms with Crippen molar-refractivity contribution in [3.05, 3.63) is 24.2 Å². The maximum absolute atomic E-state index is 9.72. The number of ether oxygens (including phenoxy) is 2. The number of nitrogens with zero attached hydrogens (tertiary/aromatic N) is 7. The third kappa shape index (κ3) is 3.85. The minimum absolute atomic E-state index is 0.0172. The summed E-state index contributed by atoms with van der Waals surface area (Å²) in [6, 6.07) is 5.76. The van der Waals surface area contributed by atoms with Crippen molar-refractivity contribution in [2.24, 2.45) is 5.41 Å². The molecule has 2 atom stereocenters. The van der Waals surface area contributed by atoms with Gasteiger partial charge in [0.05, 0.1) is 37.6 Å². The van der Waals surface area contributed by atoms with Crippen LogP contribution in [-0.2, 0) is 4.74 Å². The quantitative estimate of drug-likeness (QED) is 0.622. The smallest absolute Gasteiger partial charge is 0.257 e. The van der Waals surface area contributed by atoms with Crippen molar-refractivity contribution in [1.82, 2.24) is 24.3 Å². The van der Waals surface area contributed by atoms with Gasteiger partial charge < -0.3 is 19.4 Å². The number of hydrogen-bond donors (Lipinski definition) is 1. The zero-order chi connectivity index (χ0) is 23.0. The molecule has 0 unspecified atom stereocenters. The van der Waals surface area contributed by atoms with Gasteiger partial charge in [-0.2, -0.15) is 15.5 Å². The predicted octanol–water partition coefficient (Wildman–Crippen LogP) is 3.71. The summed E-state index contributed by atoms with van der Waals surface area (Å²) >= 11 is 0. The lowest BCUT2D eigenvalue weighted by Crippen LogP contribution is -2.26. The highest BCUT2D eigenvalue weighted by Crippen LogP contribution is 2.40. The molecule has 0 spiro atoms. The summed E-state index contributed by atoms with van der Waals surface area (Å²) in [5, 5.41) is 27.3. The number of aromatic nitrogens is 5. The fourth-order valence-electron chi connectivity index (χ4n) is 3.80. The van der Waals surface area contributed by atoms with E-state index in [4.69, 9.17) is 14.5 Å². The molecule has 0 radical (unpaired) electrons. The van der Waals surface area contributed by atoms with Gasteiger partial charge in [0.15, 0.2) is 0 Å². The first-order chi connectivity index (χ1) is 15.2. The zero-order valence-corrected chi connectivity index (χ0v) is 18.8. The normalized spacial score (nSPS) is 18.4. The van der Waals surface area contributed by atoms with E-state index in [9.17, 15) is 10.5 Å². The minimum atomic E-state index is -0.455. The fraction of sp³-hybridized carbons (Fsp3) is 0.500. The van der Waals surface area contributed by atoms with Gasteiger partial charge >= 0.3 is 0 Å². The average Bonchev–Trinajstić information content (AvgIpc) is 3.41. The molecule has 1 N–H and O–H groups in total. The fourth-order valence-corrected chi connectivity index (χ4v) is 3.80. The van der Waals surface area contributed by atoms with Crippen LogP contribution in [0.25, 0.3) is 11.0 Å². The Morgan fingerprint density at radius 2 is 2.09 bits per heavy atom. The third-order valence-corrected chi connectivity index (χ3v) is 5.53. The molecule has 4 rings (SSSR count). The number of nitrogens with one attached hydrogen (secondary N) is 1. The van der Waals surface area contributed by atoms with Crippen LogP contribution in [0.4, 0.5) is 11.6 Å². The van der Waals surface area contributed by atoms with E-state index in [0.29, 0.717) is 42.1 Å². The van der Waals surface area contributed by atoms with Gasteiger partial charge in [-0.1, -0.05) is 13.8 Å². The van der Waals surface area contributed by atoms with E-state index in [0.717, 1.165) is 5.39 Å². The molecule has 10 heteroatoms. The van der Waals surface area contributed by atoms with E-state index in [-0.39, 0.29) is 17.6 Å². The van der Waals surface area contributed by atoms with Crippen LogP contribution < -0.4 is 10.1 Å². The molecule has 1 aliphatic heterocycles. The Morgan fingerprint density at radius 1 is 1.31 bits per heavy atom. The Morgan fingerprint density at radius 3 is 2.72 bits per heavy atom. The summed E-state index contributed by atoms with van der Waals surface area (Å²) in [4.78, 5) is 9.13. The molecule has 4 heterocycles. The molecule has 0 amide bonds. The van der Waals surface area contributed by atoms with E-state index in [1.807, 2.05) is 18.4 Å². The van der Waals surface area contributed by atoms with Crippen LogP contribution in [0.2, 0.25) is 0 Å². The molecule has 10 nitrogen and oxygen atoms in total. The highest BCUT2D eigenvalue weighted by Gasteiger charge is 2.39. The van der Waals surface area contributed by atoms with Crippen molar-refractivity contribution in [2.75, 3.05) is 18.5 Å². The highest BCUT2D eigenvalue weighted by atomic mass is 16.5. The molecule has 166 valence electrons. The van der Waals surface area contributed by atoms with Crippen LogP contribution in [0, 0.1) is 28.1 Å². The highest BCUT2D eigenvalue weighted by molar-refractivity contribution is 5.79. The average molecular weight is 435 g/mol. The Kier molecular flexibility index (Phi) is 5.49. The van der Waals surface area contributed by atoms with Gasteiger partial charge in [0, 0.05) is 17.0 Å². The number of fused-ring (bicyclic) bond motifs is 1. The molecule has 0 saturated carbocycles. The van der Waals surface area contributed by atoms with Crippen LogP contribution in [0.15, 0.2) is 18.5 Å². The van der Waals surface area contributed by atoms with Crippen LogP contribution in [0.5, 0.6) is 5.88 Å². The van der Waals surface area contributed by atoms with Crippen molar-refractivity contribution in [2.45, 2.75) is 52.8 Å². The lowest BCUT2D eigenvalue weighted by molar-refractivity contribution is 0.166. The first kappa shape index (κ1) is 21.6. The molecule has 3 aromatic heterocycles. The van der Waals surface area contributed by atoms with Crippen molar-refractivity contribution in [3.8, 4) is 18.0 Å². The summed E-state index contributed by atoms with van der Waals surface area (Å²) in [6.45, 7) is 10.9. The monoisotopic (exact) mass is 434 g/mol. The summed E-state index contributed by atoms with van der Waals surface area (Å²) < 4.78 is 15.0. The van der Waals surface area contributed by atoms with Gasteiger partial charge in [-0.3, -0.25) is 0 Å². The van der Waals surface area contributed by atoms with Gasteiger partial charge in [-0.15, -0.1) is 5.10 Å². The molecule has 0 aliphatic carbocycles. The molecule has 1 fully saturated rings. The maximum Gasteiger partial charge on any atom is 0.257 e. The van der Waals surface area contributed by atoms with Crippen LogP contribution in [0.3, 0.4) is 0 Å². The van der Waals surface area contributed by atoms with Crippen LogP contribution in [-0.4, -0.2) is 43.6 Å². The summed E-state index contributed by atoms with van der Waals surface area (Å²) in [6.07, 6.45) is 3.29. The molecular formula is C22H26N8O2. The lowest BCUT2D eigenvalue weighted by Gasteiger charge is -2.27. The number of nitriles is 2. The Balaban J connectivity index is 1.76. The number of anilines is 2. The minimum Gasteiger partial charge on any atom is -0.472 e. The number of hydrogen-bond acceptors (Lipinski definition) is 8. The summed E-state index contributed by atoms with van der Waals surface area (Å²) in [7, 11) is 0. The SMILES string of the molecule is CC(C)Oc1nn([C@@H](C)C#N)cc1Nc1ncc2cc(C#N)n([C@H]3COCC3(C)C)c2n1. The molecular weight excluding hydrogens is 408 g/mol. The van der Waals surface area contributed by atoms with Gasteiger partial charge in [-0.25, -0.2) is 9.67 Å². The van der Waals surface area contributed by atoms with Crippen molar-refractivity contribution in [1.29, 1.82) is 10.5 Å². The maximum atomic E-state index is 9.72. The summed E-state index contributed by atoms with van der Waals surface area (Å²) in [5.74, 6) is 0.708. The van der Waals surface area contributed by atoms with E-state index >= 15 is 0 Å². The topological polar surface area (TPSA) is 127 Å². The van der Waals surface area contributed by atoms with Crippen LogP contribution >= 0.6 is 0 Å². The Bertz CT molecular complexity index is 1230. The van der Waals surface area contributed by atoms with Gasteiger partial charge in [0.2, 0.25) is 5.95 Å². The molecule has 1 aliphatic rings. The van der Waals surface area contributed by atoms with Gasteiger partial charge in [-0.05, 0) is 26.8 Å². The number of rotatable bonds is 6. The largest absolute Gasteiger partial charge is 0.472 e. The molecule has 1 saturated heterocycles. The van der Waals surface area contributed by atoms with Crippen molar-refractivity contribution >= 4 is 22.7 Å². The van der Waals surface area contributed by atoms with Crippen molar-refractivity contribution in [3.63, 3.8) is 0 Å². The van der Waals surface area contributed by atoms with E-state index in [2.05, 4.69) is 41.4 Å².